The summed E-state index contributed by atoms with van der Waals surface area (Å²) < 4.78 is 57.4. The number of nitrogens with zero attached hydrogens (tertiary/aromatic N) is 5. The van der Waals surface area contributed by atoms with Crippen LogP contribution in [0.2, 0.25) is 0 Å². The SMILES string of the molecule is N#Cc1ccc(COc2cccc(-c3cc(F)c(Cc4nc5ccc(C(=O)O)cc5n4Cc4ccon4)c(F)c3)n2)c(F)c1. The summed E-state index contributed by atoms with van der Waals surface area (Å²) in [5.41, 5.74) is 1.99. The molecule has 0 saturated heterocycles. The molecule has 0 aliphatic carbocycles. The maximum Gasteiger partial charge on any atom is 0.335 e. The van der Waals surface area contributed by atoms with Gasteiger partial charge in [0.25, 0.3) is 0 Å². The summed E-state index contributed by atoms with van der Waals surface area (Å²) in [5.74, 6) is -2.99. The van der Waals surface area contributed by atoms with Gasteiger partial charge in [-0.15, -0.1) is 0 Å². The van der Waals surface area contributed by atoms with E-state index in [0.29, 0.717) is 22.6 Å². The monoisotopic (exact) mass is 595 g/mol. The molecule has 6 rings (SSSR count). The highest BCUT2D eigenvalue weighted by Gasteiger charge is 2.20. The van der Waals surface area contributed by atoms with Gasteiger partial charge in [0, 0.05) is 35.2 Å². The highest BCUT2D eigenvalue weighted by Crippen LogP contribution is 2.28. The fourth-order valence-electron chi connectivity index (χ4n) is 4.72. The minimum atomic E-state index is -1.13. The van der Waals surface area contributed by atoms with Crippen LogP contribution in [0.1, 0.15) is 38.6 Å². The van der Waals surface area contributed by atoms with E-state index in [4.69, 9.17) is 14.5 Å². The van der Waals surface area contributed by atoms with Crippen molar-refractivity contribution >= 4 is 17.0 Å². The number of imidazole rings is 1. The van der Waals surface area contributed by atoms with Crippen LogP contribution in [0.4, 0.5) is 13.2 Å². The highest BCUT2D eigenvalue weighted by molar-refractivity contribution is 5.92. The number of fused-ring (bicyclic) bond motifs is 1. The minimum Gasteiger partial charge on any atom is -0.478 e. The molecule has 1 N–H and O–H groups in total. The van der Waals surface area contributed by atoms with Gasteiger partial charge in [0.05, 0.1) is 40.5 Å². The molecule has 3 aromatic heterocycles. The first kappa shape index (κ1) is 28.2. The molecule has 0 aliphatic rings. The van der Waals surface area contributed by atoms with Crippen molar-refractivity contribution in [3.63, 3.8) is 0 Å². The number of carboxylic acids is 1. The summed E-state index contributed by atoms with van der Waals surface area (Å²) in [5, 5.41) is 22.3. The van der Waals surface area contributed by atoms with E-state index in [-0.39, 0.29) is 59.0 Å². The predicted octanol–water partition coefficient (Wildman–Crippen LogP) is 6.29. The fraction of sp³-hybridized carbons (Fsp3) is 0.0938. The van der Waals surface area contributed by atoms with Crippen molar-refractivity contribution in [2.75, 3.05) is 0 Å². The van der Waals surface area contributed by atoms with Crippen LogP contribution in [0, 0.1) is 28.8 Å². The Hall–Kier alpha value is -5.96. The van der Waals surface area contributed by atoms with Crippen LogP contribution >= 0.6 is 0 Å². The van der Waals surface area contributed by atoms with Gasteiger partial charge in [0.1, 0.15) is 41.8 Å². The summed E-state index contributed by atoms with van der Waals surface area (Å²) >= 11 is 0. The summed E-state index contributed by atoms with van der Waals surface area (Å²) in [4.78, 5) is 20.4. The van der Waals surface area contributed by atoms with E-state index in [1.54, 1.807) is 22.8 Å². The number of ether oxygens (including phenoxy) is 1. The number of hydrogen-bond donors (Lipinski definition) is 1. The number of nitriles is 1. The van der Waals surface area contributed by atoms with Gasteiger partial charge in [-0.25, -0.2) is 27.9 Å². The molecule has 6 aromatic rings. The largest absolute Gasteiger partial charge is 0.478 e. The van der Waals surface area contributed by atoms with E-state index in [9.17, 15) is 14.3 Å². The molecule has 0 spiro atoms. The van der Waals surface area contributed by atoms with Crippen molar-refractivity contribution in [2.24, 2.45) is 0 Å². The van der Waals surface area contributed by atoms with Gasteiger partial charge in [-0.2, -0.15) is 5.26 Å². The fourth-order valence-corrected chi connectivity index (χ4v) is 4.72. The number of pyridine rings is 1. The van der Waals surface area contributed by atoms with Crippen molar-refractivity contribution in [2.45, 2.75) is 19.6 Å². The molecule has 0 bridgehead atoms. The van der Waals surface area contributed by atoms with E-state index in [0.717, 1.165) is 18.2 Å². The Balaban J connectivity index is 1.28. The highest BCUT2D eigenvalue weighted by atomic mass is 19.1. The molecular weight excluding hydrogens is 575 g/mol. The number of aromatic carboxylic acids is 1. The van der Waals surface area contributed by atoms with Gasteiger partial charge in [-0.1, -0.05) is 17.3 Å². The van der Waals surface area contributed by atoms with Crippen LogP contribution in [0.3, 0.4) is 0 Å². The Labute approximate surface area is 247 Å². The molecule has 0 atom stereocenters. The Morgan fingerprint density at radius 2 is 1.80 bits per heavy atom. The second-order valence-corrected chi connectivity index (χ2v) is 9.78. The lowest BCUT2D eigenvalue weighted by Gasteiger charge is -2.11. The van der Waals surface area contributed by atoms with Crippen molar-refractivity contribution < 1.29 is 32.3 Å². The number of aromatic nitrogens is 4. The van der Waals surface area contributed by atoms with Gasteiger partial charge < -0.3 is 18.9 Å². The summed E-state index contributed by atoms with van der Waals surface area (Å²) in [7, 11) is 0. The summed E-state index contributed by atoms with van der Waals surface area (Å²) in [6, 6.07) is 18.9. The molecule has 3 heterocycles. The molecule has 9 nitrogen and oxygen atoms in total. The maximum atomic E-state index is 15.5. The van der Waals surface area contributed by atoms with Crippen molar-refractivity contribution in [3.8, 4) is 23.2 Å². The predicted molar refractivity (Wildman–Crippen MR) is 150 cm³/mol. The van der Waals surface area contributed by atoms with Gasteiger partial charge in [0.2, 0.25) is 5.88 Å². The van der Waals surface area contributed by atoms with Crippen LogP contribution in [0.5, 0.6) is 5.88 Å². The quantitative estimate of drug-likeness (QED) is 0.207. The van der Waals surface area contributed by atoms with Crippen molar-refractivity contribution in [1.29, 1.82) is 5.26 Å². The topological polar surface area (TPSA) is 127 Å². The first-order valence-corrected chi connectivity index (χ1v) is 13.2. The Morgan fingerprint density at radius 1 is 0.977 bits per heavy atom. The third-order valence-electron chi connectivity index (χ3n) is 6.94. The zero-order valence-electron chi connectivity index (χ0n) is 22.7. The van der Waals surface area contributed by atoms with Gasteiger partial charge in [-0.3, -0.25) is 0 Å². The lowest BCUT2D eigenvalue weighted by molar-refractivity contribution is 0.0697. The van der Waals surface area contributed by atoms with E-state index >= 15 is 8.78 Å². The smallest absolute Gasteiger partial charge is 0.335 e. The van der Waals surface area contributed by atoms with E-state index in [1.165, 1.54) is 42.7 Å². The van der Waals surface area contributed by atoms with Crippen LogP contribution in [-0.4, -0.2) is 30.8 Å². The molecule has 0 radical (unpaired) electrons. The molecule has 44 heavy (non-hydrogen) atoms. The summed E-state index contributed by atoms with van der Waals surface area (Å²) in [6.07, 6.45) is 1.15. The first-order valence-electron chi connectivity index (χ1n) is 13.2. The standard InChI is InChI=1S/C32H20F3N5O4/c33-24-10-18(15-36)4-5-20(24)17-43-31-3-1-2-27(38-31)21-11-25(34)23(26(35)12-21)14-30-37-28-7-6-19(32(41)42)13-29(28)40(30)16-22-8-9-44-39-22/h1-13H,14,16-17H2,(H,41,42). The molecule has 0 amide bonds. The maximum absolute atomic E-state index is 15.5. The zero-order chi connectivity index (χ0) is 30.8. The molecule has 3 aromatic carbocycles. The number of rotatable bonds is 9. The lowest BCUT2D eigenvalue weighted by atomic mass is 10.0. The van der Waals surface area contributed by atoms with Crippen LogP contribution in [-0.2, 0) is 19.6 Å². The average molecular weight is 596 g/mol. The second-order valence-electron chi connectivity index (χ2n) is 9.78. The van der Waals surface area contributed by atoms with Gasteiger partial charge >= 0.3 is 5.97 Å². The van der Waals surface area contributed by atoms with Gasteiger partial charge in [-0.05, 0) is 48.5 Å². The molecule has 0 aliphatic heterocycles. The van der Waals surface area contributed by atoms with Crippen molar-refractivity contribution in [1.82, 2.24) is 19.7 Å². The van der Waals surface area contributed by atoms with Gasteiger partial charge in [0.15, 0.2) is 0 Å². The van der Waals surface area contributed by atoms with E-state index < -0.39 is 23.4 Å². The zero-order valence-corrected chi connectivity index (χ0v) is 22.7. The number of halogens is 3. The third-order valence-corrected chi connectivity index (χ3v) is 6.94. The molecule has 12 heteroatoms. The normalized spacial score (nSPS) is 11.0. The van der Waals surface area contributed by atoms with Crippen LogP contribution in [0.25, 0.3) is 22.3 Å². The van der Waals surface area contributed by atoms with Crippen LogP contribution in [0.15, 0.2) is 83.6 Å². The number of hydrogen-bond acceptors (Lipinski definition) is 7. The molecular formula is C32H20F3N5O4. The summed E-state index contributed by atoms with van der Waals surface area (Å²) in [6.45, 7) is -0.0330. The number of carbonyl (C=O) groups is 1. The average Bonchev–Trinajstić information content (AvgIpc) is 3.66. The van der Waals surface area contributed by atoms with Crippen LogP contribution < -0.4 is 4.74 Å². The van der Waals surface area contributed by atoms with E-state index in [1.807, 2.05) is 6.07 Å². The Kier molecular flexibility index (Phi) is 7.51. The first-order chi connectivity index (χ1) is 21.3. The third kappa shape index (κ3) is 5.71. The Morgan fingerprint density at radius 3 is 2.50 bits per heavy atom. The Bertz CT molecular complexity index is 2050. The number of carboxylic acid groups (broad SMARTS) is 1. The molecule has 0 saturated carbocycles. The second kappa shape index (κ2) is 11.7. The lowest BCUT2D eigenvalue weighted by Crippen LogP contribution is -2.09. The van der Waals surface area contributed by atoms with E-state index in [2.05, 4.69) is 15.1 Å². The molecule has 0 fully saturated rings. The minimum absolute atomic E-state index is 0.0350. The van der Waals surface area contributed by atoms with Crippen molar-refractivity contribution in [3.05, 3.63) is 130 Å². The molecule has 218 valence electrons. The number of benzene rings is 3. The molecule has 0 unspecified atom stereocenters.